The molecule has 20 heavy (non-hydrogen) atoms. The fourth-order valence-corrected chi connectivity index (χ4v) is 1.73. The number of alkyl halides is 3. The first-order valence-corrected chi connectivity index (χ1v) is 5.77. The van der Waals surface area contributed by atoms with Crippen molar-refractivity contribution in [3.8, 4) is 0 Å². The van der Waals surface area contributed by atoms with E-state index in [1.165, 1.54) is 13.2 Å². The Morgan fingerprint density at radius 3 is 2.60 bits per heavy atom. The van der Waals surface area contributed by atoms with Crippen molar-refractivity contribution in [1.29, 1.82) is 0 Å². The van der Waals surface area contributed by atoms with Crippen molar-refractivity contribution in [2.24, 2.45) is 5.84 Å². The Hall–Kier alpha value is -1.80. The van der Waals surface area contributed by atoms with Crippen molar-refractivity contribution < 1.29 is 22.7 Å². The number of benzene rings is 1. The predicted molar refractivity (Wildman–Crippen MR) is 68.1 cm³/mol. The van der Waals surface area contributed by atoms with Crippen molar-refractivity contribution in [2.45, 2.75) is 19.1 Å². The smallest absolute Gasteiger partial charge is 0.383 e. The molecule has 0 bridgehead atoms. The second-order valence-corrected chi connectivity index (χ2v) is 4.20. The minimum Gasteiger partial charge on any atom is -0.383 e. The molecule has 1 aromatic rings. The summed E-state index contributed by atoms with van der Waals surface area (Å²) in [7, 11) is 1.46. The zero-order valence-corrected chi connectivity index (χ0v) is 11.0. The maximum absolute atomic E-state index is 12.8. The number of para-hydroxylation sites is 1. The van der Waals surface area contributed by atoms with E-state index < -0.39 is 23.3 Å². The van der Waals surface area contributed by atoms with Crippen LogP contribution in [0.1, 0.15) is 22.8 Å². The van der Waals surface area contributed by atoms with E-state index in [0.29, 0.717) is 0 Å². The van der Waals surface area contributed by atoms with Crippen molar-refractivity contribution >= 4 is 11.6 Å². The van der Waals surface area contributed by atoms with Crippen LogP contribution >= 0.6 is 0 Å². The van der Waals surface area contributed by atoms with Crippen LogP contribution in [0.2, 0.25) is 0 Å². The van der Waals surface area contributed by atoms with Gasteiger partial charge in [-0.25, -0.2) is 0 Å². The van der Waals surface area contributed by atoms with Gasteiger partial charge in [-0.2, -0.15) is 13.2 Å². The fourth-order valence-electron chi connectivity index (χ4n) is 1.73. The van der Waals surface area contributed by atoms with Crippen LogP contribution in [-0.2, 0) is 10.9 Å². The molecule has 0 spiro atoms. The second-order valence-electron chi connectivity index (χ2n) is 4.20. The van der Waals surface area contributed by atoms with Crippen LogP contribution in [-0.4, -0.2) is 25.7 Å². The summed E-state index contributed by atoms with van der Waals surface area (Å²) in [5.74, 6) is 4.46. The number of hydrogen-bond donors (Lipinski definition) is 3. The molecule has 0 radical (unpaired) electrons. The van der Waals surface area contributed by atoms with Crippen molar-refractivity contribution in [3.63, 3.8) is 0 Å². The van der Waals surface area contributed by atoms with Gasteiger partial charge in [-0.05, 0) is 19.1 Å². The monoisotopic (exact) mass is 291 g/mol. The van der Waals surface area contributed by atoms with Crippen LogP contribution in [0.15, 0.2) is 18.2 Å². The Kier molecular flexibility index (Phi) is 5.34. The lowest BCUT2D eigenvalue weighted by atomic mass is 10.1. The molecule has 1 amide bonds. The molecule has 0 saturated carbocycles. The third-order valence-electron chi connectivity index (χ3n) is 2.55. The van der Waals surface area contributed by atoms with E-state index >= 15 is 0 Å². The Bertz CT molecular complexity index is 478. The molecule has 1 unspecified atom stereocenters. The van der Waals surface area contributed by atoms with E-state index in [1.54, 1.807) is 6.92 Å². The molecule has 1 rings (SSSR count). The van der Waals surface area contributed by atoms with Crippen molar-refractivity contribution in [3.05, 3.63) is 29.3 Å². The summed E-state index contributed by atoms with van der Waals surface area (Å²) in [6, 6.07) is 2.93. The normalized spacial score (nSPS) is 12.9. The highest BCUT2D eigenvalue weighted by atomic mass is 19.4. The van der Waals surface area contributed by atoms with Gasteiger partial charge in [0.05, 0.1) is 23.4 Å². The topological polar surface area (TPSA) is 76.4 Å². The predicted octanol–water partition coefficient (Wildman–Crippen LogP) is 1.76. The average Bonchev–Trinajstić information content (AvgIpc) is 2.36. The molecule has 1 atom stereocenters. The lowest BCUT2D eigenvalue weighted by molar-refractivity contribution is -0.137. The summed E-state index contributed by atoms with van der Waals surface area (Å²) in [5, 5.41) is 2.52. The van der Waals surface area contributed by atoms with Crippen LogP contribution in [0.3, 0.4) is 0 Å². The van der Waals surface area contributed by atoms with Gasteiger partial charge in [-0.15, -0.1) is 0 Å². The highest BCUT2D eigenvalue weighted by Gasteiger charge is 2.35. The minimum atomic E-state index is -4.60. The first-order chi connectivity index (χ1) is 9.31. The van der Waals surface area contributed by atoms with Crippen LogP contribution in [0.4, 0.5) is 18.9 Å². The molecule has 0 aliphatic carbocycles. The second kappa shape index (κ2) is 6.58. The molecule has 5 nitrogen and oxygen atoms in total. The lowest BCUT2D eigenvalue weighted by Crippen LogP contribution is -2.36. The Balaban J connectivity index is 3.09. The average molecular weight is 291 g/mol. The van der Waals surface area contributed by atoms with Gasteiger partial charge in [-0.1, -0.05) is 6.07 Å². The van der Waals surface area contributed by atoms with Crippen molar-refractivity contribution in [1.82, 2.24) is 5.32 Å². The summed E-state index contributed by atoms with van der Waals surface area (Å²) in [6.07, 6.45) is -4.60. The maximum atomic E-state index is 12.8. The zero-order chi connectivity index (χ0) is 15.3. The van der Waals surface area contributed by atoms with E-state index in [9.17, 15) is 18.0 Å². The van der Waals surface area contributed by atoms with E-state index in [4.69, 9.17) is 10.6 Å². The maximum Gasteiger partial charge on any atom is 0.418 e. The number of ether oxygens (including phenoxy) is 1. The molecule has 8 heteroatoms. The quantitative estimate of drug-likeness (QED) is 0.570. The van der Waals surface area contributed by atoms with E-state index in [0.717, 1.165) is 12.1 Å². The number of rotatable bonds is 5. The van der Waals surface area contributed by atoms with Gasteiger partial charge in [0.25, 0.3) is 5.91 Å². The Morgan fingerprint density at radius 1 is 1.45 bits per heavy atom. The van der Waals surface area contributed by atoms with E-state index in [1.807, 2.05) is 5.43 Å². The molecule has 0 aromatic heterocycles. The molecular formula is C12H16F3N3O2. The summed E-state index contributed by atoms with van der Waals surface area (Å²) < 4.78 is 43.3. The number of carbonyl (C=O) groups excluding carboxylic acids is 1. The first kappa shape index (κ1) is 16.3. The highest BCUT2D eigenvalue weighted by Crippen LogP contribution is 2.36. The zero-order valence-electron chi connectivity index (χ0n) is 11.0. The Morgan fingerprint density at radius 2 is 2.10 bits per heavy atom. The standard InChI is InChI=1S/C12H16F3N3O2/c1-7(6-20-2)17-11(19)8-4-3-5-9(10(8)18-16)12(13,14)15/h3-5,7,18H,6,16H2,1-2H3,(H,17,19). The number of hydrogen-bond acceptors (Lipinski definition) is 4. The van der Waals surface area contributed by atoms with Gasteiger partial charge in [0.2, 0.25) is 0 Å². The largest absolute Gasteiger partial charge is 0.418 e. The number of methoxy groups -OCH3 is 1. The molecule has 1 aromatic carbocycles. The first-order valence-electron chi connectivity index (χ1n) is 5.77. The summed E-state index contributed by atoms with van der Waals surface area (Å²) >= 11 is 0. The molecule has 0 aliphatic heterocycles. The van der Waals surface area contributed by atoms with E-state index in [-0.39, 0.29) is 18.2 Å². The van der Waals surface area contributed by atoms with E-state index in [2.05, 4.69) is 5.32 Å². The number of nitrogen functional groups attached to an aromatic ring is 1. The molecule has 4 N–H and O–H groups in total. The SMILES string of the molecule is COCC(C)NC(=O)c1cccc(C(F)(F)F)c1NN. The Labute approximate surface area is 114 Å². The number of amides is 1. The molecule has 112 valence electrons. The molecule has 0 aliphatic rings. The minimum absolute atomic E-state index is 0.176. The summed E-state index contributed by atoms with van der Waals surface area (Å²) in [5.41, 5.74) is 0.319. The third kappa shape index (κ3) is 3.84. The molecule has 0 saturated heterocycles. The number of nitrogens with one attached hydrogen (secondary N) is 2. The molecule has 0 fully saturated rings. The van der Waals surface area contributed by atoms with Gasteiger partial charge >= 0.3 is 6.18 Å². The number of hydrazine groups is 1. The summed E-state index contributed by atoms with van der Waals surface area (Å²) in [4.78, 5) is 12.0. The van der Waals surface area contributed by atoms with Gasteiger partial charge in [0, 0.05) is 13.2 Å². The number of nitrogens with two attached hydrogens (primary N) is 1. The number of carbonyl (C=O) groups is 1. The fraction of sp³-hybridized carbons (Fsp3) is 0.417. The van der Waals surface area contributed by atoms with Gasteiger partial charge < -0.3 is 15.5 Å². The van der Waals surface area contributed by atoms with Crippen molar-refractivity contribution in [2.75, 3.05) is 19.1 Å². The van der Waals surface area contributed by atoms with Crippen LogP contribution in [0.5, 0.6) is 0 Å². The van der Waals surface area contributed by atoms with Gasteiger partial charge in [0.1, 0.15) is 0 Å². The van der Waals surface area contributed by atoms with Crippen LogP contribution < -0.4 is 16.6 Å². The highest BCUT2D eigenvalue weighted by molar-refractivity contribution is 6.00. The van der Waals surface area contributed by atoms with Crippen LogP contribution in [0.25, 0.3) is 0 Å². The van der Waals surface area contributed by atoms with Gasteiger partial charge in [0.15, 0.2) is 0 Å². The number of anilines is 1. The lowest BCUT2D eigenvalue weighted by Gasteiger charge is -2.18. The van der Waals surface area contributed by atoms with Crippen LogP contribution in [0, 0.1) is 0 Å². The third-order valence-corrected chi connectivity index (χ3v) is 2.55. The number of halogens is 3. The molecule has 0 heterocycles. The van der Waals surface area contributed by atoms with Gasteiger partial charge in [-0.3, -0.25) is 10.6 Å². The summed E-state index contributed by atoms with van der Waals surface area (Å²) in [6.45, 7) is 1.92. The molecular weight excluding hydrogens is 275 g/mol.